The van der Waals surface area contributed by atoms with Crippen molar-refractivity contribution in [2.75, 3.05) is 17.2 Å². The fourth-order valence-corrected chi connectivity index (χ4v) is 3.26. The SMILES string of the molecule is O=C(CSc1nccc(C(F)(F)F)n1)c1ccc(N2CCCC2=O)cc1. The Morgan fingerprint density at radius 1 is 1.19 bits per heavy atom. The minimum absolute atomic E-state index is 0.0568. The molecule has 1 fully saturated rings. The number of amides is 1. The van der Waals surface area contributed by atoms with E-state index in [0.717, 1.165) is 36.1 Å². The monoisotopic (exact) mass is 381 g/mol. The van der Waals surface area contributed by atoms with Crippen molar-refractivity contribution in [2.24, 2.45) is 0 Å². The summed E-state index contributed by atoms with van der Waals surface area (Å²) < 4.78 is 37.9. The van der Waals surface area contributed by atoms with Crippen LogP contribution in [0.2, 0.25) is 0 Å². The van der Waals surface area contributed by atoms with Gasteiger partial charge in [0, 0.05) is 30.4 Å². The van der Waals surface area contributed by atoms with Crippen molar-refractivity contribution in [3.63, 3.8) is 0 Å². The zero-order valence-electron chi connectivity index (χ0n) is 13.5. The fourth-order valence-electron chi connectivity index (χ4n) is 2.53. The van der Waals surface area contributed by atoms with Crippen LogP contribution < -0.4 is 4.90 Å². The van der Waals surface area contributed by atoms with Crippen LogP contribution in [0.1, 0.15) is 28.9 Å². The van der Waals surface area contributed by atoms with Crippen LogP contribution in [-0.2, 0) is 11.0 Å². The lowest BCUT2D eigenvalue weighted by atomic mass is 10.1. The molecule has 0 saturated carbocycles. The Hall–Kier alpha value is -2.42. The van der Waals surface area contributed by atoms with Crippen LogP contribution in [0.3, 0.4) is 0 Å². The predicted octanol–water partition coefficient (Wildman–Crippen LogP) is 3.60. The predicted molar refractivity (Wildman–Crippen MR) is 90.1 cm³/mol. The number of halogens is 3. The van der Waals surface area contributed by atoms with Crippen LogP contribution in [0.25, 0.3) is 0 Å². The van der Waals surface area contributed by atoms with Crippen LogP contribution in [0.4, 0.5) is 18.9 Å². The third-order valence-electron chi connectivity index (χ3n) is 3.83. The van der Waals surface area contributed by atoms with E-state index < -0.39 is 11.9 Å². The van der Waals surface area contributed by atoms with E-state index in [1.54, 1.807) is 29.2 Å². The van der Waals surface area contributed by atoms with Gasteiger partial charge in [0.15, 0.2) is 10.9 Å². The second kappa shape index (κ2) is 7.45. The van der Waals surface area contributed by atoms with Crippen LogP contribution in [0.5, 0.6) is 0 Å². The summed E-state index contributed by atoms with van der Waals surface area (Å²) in [5.41, 5.74) is 0.111. The van der Waals surface area contributed by atoms with Crippen molar-refractivity contribution < 1.29 is 22.8 Å². The molecule has 0 radical (unpaired) electrons. The van der Waals surface area contributed by atoms with Crippen molar-refractivity contribution in [3.8, 4) is 0 Å². The number of thioether (sulfide) groups is 1. The first-order valence-corrected chi connectivity index (χ1v) is 8.80. The Kier molecular flexibility index (Phi) is 5.26. The van der Waals surface area contributed by atoms with Gasteiger partial charge in [0.25, 0.3) is 0 Å². The van der Waals surface area contributed by atoms with Crippen molar-refractivity contribution in [1.82, 2.24) is 9.97 Å². The van der Waals surface area contributed by atoms with Gasteiger partial charge in [-0.3, -0.25) is 9.59 Å². The summed E-state index contributed by atoms with van der Waals surface area (Å²) in [6, 6.07) is 7.39. The van der Waals surface area contributed by atoms with Gasteiger partial charge in [-0.05, 0) is 36.8 Å². The van der Waals surface area contributed by atoms with E-state index in [9.17, 15) is 22.8 Å². The number of Topliss-reactive ketones (excluding diaryl/α,β-unsaturated/α-hetero) is 1. The summed E-state index contributed by atoms with van der Waals surface area (Å²) in [4.78, 5) is 32.8. The number of ketones is 1. The number of hydrogen-bond acceptors (Lipinski definition) is 5. The summed E-state index contributed by atoms with van der Waals surface area (Å²) in [5, 5.41) is -0.104. The molecule has 1 aromatic carbocycles. The molecule has 0 atom stereocenters. The second-order valence-electron chi connectivity index (χ2n) is 5.63. The number of carbonyl (C=O) groups excluding carboxylic acids is 2. The molecular weight excluding hydrogens is 367 g/mol. The molecule has 3 rings (SSSR count). The highest BCUT2D eigenvalue weighted by Crippen LogP contribution is 2.28. The number of anilines is 1. The van der Waals surface area contributed by atoms with Crippen molar-refractivity contribution in [3.05, 3.63) is 47.8 Å². The van der Waals surface area contributed by atoms with E-state index in [1.165, 1.54) is 0 Å². The van der Waals surface area contributed by atoms with E-state index in [0.29, 0.717) is 18.5 Å². The molecule has 1 aliphatic rings. The second-order valence-corrected chi connectivity index (χ2v) is 6.57. The highest BCUT2D eigenvalue weighted by atomic mass is 32.2. The maximum Gasteiger partial charge on any atom is 0.433 e. The lowest BCUT2D eigenvalue weighted by Crippen LogP contribution is -2.23. The van der Waals surface area contributed by atoms with Crippen LogP contribution >= 0.6 is 11.8 Å². The molecule has 2 heterocycles. The molecule has 1 aliphatic heterocycles. The molecule has 1 saturated heterocycles. The Balaban J connectivity index is 1.63. The molecule has 0 N–H and O–H groups in total. The Bertz CT molecular complexity index is 825. The lowest BCUT2D eigenvalue weighted by molar-refractivity contribution is -0.141. The molecule has 5 nitrogen and oxygen atoms in total. The number of benzene rings is 1. The van der Waals surface area contributed by atoms with Gasteiger partial charge in [-0.15, -0.1) is 0 Å². The van der Waals surface area contributed by atoms with Crippen LogP contribution in [-0.4, -0.2) is 34.0 Å². The number of rotatable bonds is 5. The standard InChI is InChI=1S/C17H14F3N3O2S/c18-17(19,20)14-7-8-21-16(22-14)26-10-13(24)11-3-5-12(6-4-11)23-9-1-2-15(23)25/h3-8H,1-2,9-10H2. The van der Waals surface area contributed by atoms with Gasteiger partial charge in [0.2, 0.25) is 5.91 Å². The van der Waals surface area contributed by atoms with Crippen molar-refractivity contribution >= 4 is 29.1 Å². The number of carbonyl (C=O) groups is 2. The molecule has 2 aromatic rings. The third-order valence-corrected chi connectivity index (χ3v) is 4.69. The van der Waals surface area contributed by atoms with E-state index in [1.807, 2.05) is 0 Å². The van der Waals surface area contributed by atoms with Crippen molar-refractivity contribution in [2.45, 2.75) is 24.2 Å². The zero-order valence-corrected chi connectivity index (χ0v) is 14.3. The van der Waals surface area contributed by atoms with Crippen LogP contribution in [0.15, 0.2) is 41.7 Å². The maximum absolute atomic E-state index is 12.6. The summed E-state index contributed by atoms with van der Waals surface area (Å²) >= 11 is 0.847. The first-order chi connectivity index (χ1) is 12.3. The molecule has 1 amide bonds. The molecule has 0 aliphatic carbocycles. The summed E-state index contributed by atoms with van der Waals surface area (Å²) in [5.74, 6) is -0.278. The molecule has 136 valence electrons. The summed E-state index contributed by atoms with van der Waals surface area (Å²) in [7, 11) is 0. The number of nitrogens with zero attached hydrogens (tertiary/aromatic N) is 3. The van der Waals surface area contributed by atoms with Gasteiger partial charge in [0.05, 0.1) is 5.75 Å². The average molecular weight is 381 g/mol. The Morgan fingerprint density at radius 2 is 1.92 bits per heavy atom. The molecule has 26 heavy (non-hydrogen) atoms. The third kappa shape index (κ3) is 4.21. The highest BCUT2D eigenvalue weighted by molar-refractivity contribution is 7.99. The van der Waals surface area contributed by atoms with E-state index in [4.69, 9.17) is 0 Å². The molecule has 9 heteroatoms. The van der Waals surface area contributed by atoms with E-state index in [-0.39, 0.29) is 22.6 Å². The average Bonchev–Trinajstić information content (AvgIpc) is 3.05. The Labute approximate surface area is 151 Å². The zero-order chi connectivity index (χ0) is 18.7. The van der Waals surface area contributed by atoms with E-state index in [2.05, 4.69) is 9.97 Å². The van der Waals surface area contributed by atoms with Gasteiger partial charge >= 0.3 is 6.18 Å². The van der Waals surface area contributed by atoms with Gasteiger partial charge in [-0.25, -0.2) is 9.97 Å². The number of alkyl halides is 3. The first kappa shape index (κ1) is 18.4. The molecule has 0 unspecified atom stereocenters. The topological polar surface area (TPSA) is 63.2 Å². The van der Waals surface area contributed by atoms with Gasteiger partial charge in [-0.2, -0.15) is 13.2 Å². The van der Waals surface area contributed by atoms with Gasteiger partial charge in [-0.1, -0.05) is 11.8 Å². The van der Waals surface area contributed by atoms with E-state index >= 15 is 0 Å². The largest absolute Gasteiger partial charge is 0.433 e. The quantitative estimate of drug-likeness (QED) is 0.450. The normalized spacial score (nSPS) is 14.7. The van der Waals surface area contributed by atoms with Crippen molar-refractivity contribution in [1.29, 1.82) is 0 Å². The minimum atomic E-state index is -4.55. The Morgan fingerprint density at radius 3 is 2.54 bits per heavy atom. The maximum atomic E-state index is 12.6. The van der Waals surface area contributed by atoms with Gasteiger partial charge in [0.1, 0.15) is 5.69 Å². The molecule has 0 bridgehead atoms. The minimum Gasteiger partial charge on any atom is -0.312 e. The molecule has 1 aromatic heterocycles. The fraction of sp³-hybridized carbons (Fsp3) is 0.294. The first-order valence-electron chi connectivity index (χ1n) is 7.81. The summed E-state index contributed by atoms with van der Waals surface area (Å²) in [6.45, 7) is 0.662. The molecular formula is C17H14F3N3O2S. The smallest absolute Gasteiger partial charge is 0.312 e. The number of aromatic nitrogens is 2. The van der Waals surface area contributed by atoms with Gasteiger partial charge < -0.3 is 4.90 Å². The summed E-state index contributed by atoms with van der Waals surface area (Å²) in [6.07, 6.45) is -2.20. The number of hydrogen-bond donors (Lipinski definition) is 0. The van der Waals surface area contributed by atoms with Crippen LogP contribution in [0, 0.1) is 0 Å². The molecule has 0 spiro atoms. The highest BCUT2D eigenvalue weighted by Gasteiger charge is 2.32. The lowest BCUT2D eigenvalue weighted by Gasteiger charge is -2.15.